The van der Waals surface area contributed by atoms with Crippen LogP contribution in [0.3, 0.4) is 0 Å². The zero-order valence-electron chi connectivity index (χ0n) is 9.43. The van der Waals surface area contributed by atoms with Crippen LogP contribution in [0.5, 0.6) is 5.88 Å². The Bertz CT molecular complexity index is 385. The molecule has 5 heteroatoms. The molecule has 0 atom stereocenters. The number of nitrogens with zero attached hydrogens (tertiary/aromatic N) is 2. The number of aromatic nitrogens is 1. The lowest BCUT2D eigenvalue weighted by atomic mass is 10.2. The molecule has 1 aromatic rings. The smallest absolute Gasteiger partial charge is 0.238 e. The molecule has 1 aromatic heterocycles. The molecule has 2 N–H and O–H groups in total. The first-order valence-corrected chi connectivity index (χ1v) is 5.04. The van der Waals surface area contributed by atoms with Crippen molar-refractivity contribution in [1.29, 1.82) is 5.26 Å². The SMILES string of the molecule is CC(C)OCCOc1nccc(C#N)c1N. The van der Waals surface area contributed by atoms with E-state index < -0.39 is 0 Å². The number of hydrogen-bond donors (Lipinski definition) is 1. The summed E-state index contributed by atoms with van der Waals surface area (Å²) in [4.78, 5) is 3.95. The van der Waals surface area contributed by atoms with Crippen LogP contribution in [0.25, 0.3) is 0 Å². The van der Waals surface area contributed by atoms with Gasteiger partial charge in [0.1, 0.15) is 18.4 Å². The van der Waals surface area contributed by atoms with E-state index in [0.717, 1.165) is 0 Å². The fraction of sp³-hybridized carbons (Fsp3) is 0.455. The molecule has 0 unspecified atom stereocenters. The zero-order valence-corrected chi connectivity index (χ0v) is 9.43. The summed E-state index contributed by atoms with van der Waals surface area (Å²) in [5.74, 6) is 0.284. The standard InChI is InChI=1S/C11H15N3O2/c1-8(2)15-5-6-16-11-10(13)9(7-12)3-4-14-11/h3-4,8H,5-6,13H2,1-2H3. The molecule has 0 saturated carbocycles. The van der Waals surface area contributed by atoms with Gasteiger partial charge in [0.2, 0.25) is 5.88 Å². The highest BCUT2D eigenvalue weighted by Gasteiger charge is 2.06. The van der Waals surface area contributed by atoms with Gasteiger partial charge < -0.3 is 15.2 Å². The monoisotopic (exact) mass is 221 g/mol. The number of anilines is 1. The average Bonchev–Trinajstić information content (AvgIpc) is 2.26. The summed E-state index contributed by atoms with van der Waals surface area (Å²) in [6.45, 7) is 4.73. The number of pyridine rings is 1. The highest BCUT2D eigenvalue weighted by Crippen LogP contribution is 2.21. The number of hydrogen-bond acceptors (Lipinski definition) is 5. The van der Waals surface area contributed by atoms with Crippen molar-refractivity contribution in [3.05, 3.63) is 17.8 Å². The summed E-state index contributed by atoms with van der Waals surface area (Å²) in [6.07, 6.45) is 1.66. The molecule has 0 spiro atoms. The molecule has 1 rings (SSSR count). The first-order chi connectivity index (χ1) is 7.65. The number of ether oxygens (including phenoxy) is 2. The topological polar surface area (TPSA) is 81.2 Å². The van der Waals surface area contributed by atoms with Crippen LogP contribution in [-0.2, 0) is 4.74 Å². The Hall–Kier alpha value is -1.80. The summed E-state index contributed by atoms with van der Waals surface area (Å²) in [7, 11) is 0. The van der Waals surface area contributed by atoms with Crippen LogP contribution < -0.4 is 10.5 Å². The van der Waals surface area contributed by atoms with E-state index >= 15 is 0 Å². The van der Waals surface area contributed by atoms with E-state index in [1.807, 2.05) is 19.9 Å². The number of nitriles is 1. The predicted octanol–water partition coefficient (Wildman–Crippen LogP) is 1.34. The molecule has 0 amide bonds. The lowest BCUT2D eigenvalue weighted by Gasteiger charge is -2.10. The quantitative estimate of drug-likeness (QED) is 0.759. The van der Waals surface area contributed by atoms with Gasteiger partial charge in [-0.15, -0.1) is 0 Å². The Morgan fingerprint density at radius 3 is 2.88 bits per heavy atom. The van der Waals surface area contributed by atoms with Crippen molar-refractivity contribution >= 4 is 5.69 Å². The molecule has 0 aliphatic heterocycles. The minimum atomic E-state index is 0.166. The van der Waals surface area contributed by atoms with E-state index in [0.29, 0.717) is 18.8 Å². The molecule has 0 radical (unpaired) electrons. The second kappa shape index (κ2) is 5.93. The van der Waals surface area contributed by atoms with Gasteiger partial charge in [0.15, 0.2) is 0 Å². The second-order valence-electron chi connectivity index (χ2n) is 3.46. The van der Waals surface area contributed by atoms with Crippen molar-refractivity contribution in [1.82, 2.24) is 4.98 Å². The molecule has 0 saturated heterocycles. The van der Waals surface area contributed by atoms with Crippen LogP contribution in [0.15, 0.2) is 12.3 Å². The largest absolute Gasteiger partial charge is 0.474 e. The third-order valence-corrected chi connectivity index (χ3v) is 1.85. The Morgan fingerprint density at radius 2 is 2.25 bits per heavy atom. The summed E-state index contributed by atoms with van der Waals surface area (Å²) in [5.41, 5.74) is 6.33. The first-order valence-electron chi connectivity index (χ1n) is 5.04. The van der Waals surface area contributed by atoms with Crippen LogP contribution >= 0.6 is 0 Å². The molecule has 0 aliphatic carbocycles. The van der Waals surface area contributed by atoms with Gasteiger partial charge in [0, 0.05) is 6.20 Å². The minimum absolute atomic E-state index is 0.166. The first kappa shape index (κ1) is 12.3. The van der Waals surface area contributed by atoms with Gasteiger partial charge >= 0.3 is 0 Å². The maximum Gasteiger partial charge on any atom is 0.238 e. The Labute approximate surface area is 94.8 Å². The highest BCUT2D eigenvalue weighted by atomic mass is 16.5. The maximum absolute atomic E-state index is 8.75. The second-order valence-corrected chi connectivity index (χ2v) is 3.46. The molecule has 0 aliphatic rings. The lowest BCUT2D eigenvalue weighted by molar-refractivity contribution is 0.0544. The Kier molecular flexibility index (Phi) is 4.55. The lowest BCUT2D eigenvalue weighted by Crippen LogP contribution is -2.12. The van der Waals surface area contributed by atoms with E-state index in [4.69, 9.17) is 20.5 Å². The van der Waals surface area contributed by atoms with Crippen molar-refractivity contribution in [3.63, 3.8) is 0 Å². The van der Waals surface area contributed by atoms with Crippen LogP contribution in [0.1, 0.15) is 19.4 Å². The van der Waals surface area contributed by atoms with Gasteiger partial charge in [0.05, 0.1) is 18.3 Å². The van der Waals surface area contributed by atoms with Gasteiger partial charge in [0.25, 0.3) is 0 Å². The van der Waals surface area contributed by atoms with Crippen molar-refractivity contribution in [2.75, 3.05) is 18.9 Å². The van der Waals surface area contributed by atoms with Crippen molar-refractivity contribution in [2.45, 2.75) is 20.0 Å². The van der Waals surface area contributed by atoms with Gasteiger partial charge in [-0.2, -0.15) is 5.26 Å². The van der Waals surface area contributed by atoms with Crippen molar-refractivity contribution in [2.24, 2.45) is 0 Å². The van der Waals surface area contributed by atoms with E-state index in [-0.39, 0.29) is 17.7 Å². The highest BCUT2D eigenvalue weighted by molar-refractivity contribution is 5.59. The van der Waals surface area contributed by atoms with Crippen LogP contribution in [0, 0.1) is 11.3 Å². The normalized spacial score (nSPS) is 10.1. The predicted molar refractivity (Wildman–Crippen MR) is 59.9 cm³/mol. The number of nitrogens with two attached hydrogens (primary N) is 1. The molecule has 86 valence electrons. The molecule has 0 bridgehead atoms. The molecular weight excluding hydrogens is 206 g/mol. The molecule has 1 heterocycles. The summed E-state index contributed by atoms with van der Waals surface area (Å²) in [6, 6.07) is 3.52. The fourth-order valence-corrected chi connectivity index (χ4v) is 1.09. The van der Waals surface area contributed by atoms with Gasteiger partial charge in [-0.3, -0.25) is 0 Å². The number of rotatable bonds is 5. The third-order valence-electron chi connectivity index (χ3n) is 1.85. The van der Waals surface area contributed by atoms with Gasteiger partial charge in [-0.05, 0) is 19.9 Å². The van der Waals surface area contributed by atoms with Crippen LogP contribution in [0.2, 0.25) is 0 Å². The van der Waals surface area contributed by atoms with Crippen molar-refractivity contribution in [3.8, 4) is 11.9 Å². The summed E-state index contributed by atoms with van der Waals surface area (Å²) in [5, 5.41) is 8.75. The molecular formula is C11H15N3O2. The molecule has 0 fully saturated rings. The summed E-state index contributed by atoms with van der Waals surface area (Å²) < 4.78 is 10.6. The van der Waals surface area contributed by atoms with Crippen molar-refractivity contribution < 1.29 is 9.47 Å². The molecule has 16 heavy (non-hydrogen) atoms. The van der Waals surface area contributed by atoms with E-state index in [9.17, 15) is 0 Å². The number of nitrogen functional groups attached to an aromatic ring is 1. The van der Waals surface area contributed by atoms with Crippen LogP contribution in [0.4, 0.5) is 5.69 Å². The third kappa shape index (κ3) is 3.41. The average molecular weight is 221 g/mol. The zero-order chi connectivity index (χ0) is 12.0. The Morgan fingerprint density at radius 1 is 1.50 bits per heavy atom. The van der Waals surface area contributed by atoms with Crippen LogP contribution in [-0.4, -0.2) is 24.3 Å². The van der Waals surface area contributed by atoms with E-state index in [1.165, 1.54) is 6.20 Å². The minimum Gasteiger partial charge on any atom is -0.474 e. The molecule has 0 aromatic carbocycles. The summed E-state index contributed by atoms with van der Waals surface area (Å²) >= 11 is 0. The Balaban J connectivity index is 2.52. The van der Waals surface area contributed by atoms with Gasteiger partial charge in [-0.25, -0.2) is 4.98 Å². The molecule has 5 nitrogen and oxygen atoms in total. The van der Waals surface area contributed by atoms with E-state index in [1.54, 1.807) is 6.07 Å². The van der Waals surface area contributed by atoms with Gasteiger partial charge in [-0.1, -0.05) is 0 Å². The maximum atomic E-state index is 8.75. The fourth-order valence-electron chi connectivity index (χ4n) is 1.09. The van der Waals surface area contributed by atoms with E-state index in [2.05, 4.69) is 4.98 Å².